The van der Waals surface area contributed by atoms with E-state index in [0.29, 0.717) is 24.1 Å². The highest BCUT2D eigenvalue weighted by Gasteiger charge is 2.24. The van der Waals surface area contributed by atoms with Crippen LogP contribution in [0.3, 0.4) is 0 Å². The zero-order chi connectivity index (χ0) is 21.5. The Kier molecular flexibility index (Phi) is 7.49. The smallest absolute Gasteiger partial charge is 0.234 e. The SMILES string of the molecule is C[C@H](NCC1=CC(Cc2ccccc2F)C(OCc2ccccc2F)C=C1)C(N)=O. The highest BCUT2D eigenvalue weighted by Crippen LogP contribution is 2.26. The van der Waals surface area contributed by atoms with Crippen LogP contribution >= 0.6 is 0 Å². The molecule has 2 aromatic carbocycles. The van der Waals surface area contributed by atoms with Gasteiger partial charge in [-0.25, -0.2) is 8.78 Å². The zero-order valence-corrected chi connectivity index (χ0v) is 16.9. The minimum Gasteiger partial charge on any atom is -0.369 e. The van der Waals surface area contributed by atoms with Gasteiger partial charge in [0.05, 0.1) is 18.8 Å². The largest absolute Gasteiger partial charge is 0.369 e. The topological polar surface area (TPSA) is 64.3 Å². The van der Waals surface area contributed by atoms with Crippen molar-refractivity contribution in [2.75, 3.05) is 6.54 Å². The fourth-order valence-electron chi connectivity index (χ4n) is 3.35. The summed E-state index contributed by atoms with van der Waals surface area (Å²) in [5, 5.41) is 3.07. The van der Waals surface area contributed by atoms with E-state index in [1.807, 2.05) is 18.2 Å². The van der Waals surface area contributed by atoms with Crippen molar-refractivity contribution in [1.82, 2.24) is 5.32 Å². The number of primary amides is 1. The van der Waals surface area contributed by atoms with Gasteiger partial charge in [0.1, 0.15) is 11.6 Å². The molecule has 0 aromatic heterocycles. The molecule has 158 valence electrons. The number of benzene rings is 2. The molecular formula is C24H26F2N2O2. The van der Waals surface area contributed by atoms with Crippen LogP contribution < -0.4 is 11.1 Å². The molecule has 1 aliphatic carbocycles. The lowest BCUT2D eigenvalue weighted by molar-refractivity contribution is -0.119. The normalized spacial score (nSPS) is 19.4. The van der Waals surface area contributed by atoms with Crippen molar-refractivity contribution in [2.45, 2.75) is 32.1 Å². The summed E-state index contributed by atoms with van der Waals surface area (Å²) in [5.41, 5.74) is 7.31. The number of hydrogen-bond donors (Lipinski definition) is 2. The Morgan fingerprint density at radius 1 is 1.10 bits per heavy atom. The molecule has 0 radical (unpaired) electrons. The van der Waals surface area contributed by atoms with Crippen LogP contribution in [0.25, 0.3) is 0 Å². The second kappa shape index (κ2) is 10.3. The fourth-order valence-corrected chi connectivity index (χ4v) is 3.35. The predicted molar refractivity (Wildman–Crippen MR) is 112 cm³/mol. The lowest BCUT2D eigenvalue weighted by Crippen LogP contribution is -2.39. The van der Waals surface area contributed by atoms with E-state index in [2.05, 4.69) is 5.32 Å². The number of amides is 1. The Labute approximate surface area is 175 Å². The van der Waals surface area contributed by atoms with E-state index in [1.54, 1.807) is 43.3 Å². The number of carbonyl (C=O) groups is 1. The van der Waals surface area contributed by atoms with Gasteiger partial charge in [-0.15, -0.1) is 0 Å². The number of hydrogen-bond acceptors (Lipinski definition) is 3. The maximum absolute atomic E-state index is 14.2. The number of halogens is 2. The number of ether oxygens (including phenoxy) is 1. The summed E-state index contributed by atoms with van der Waals surface area (Å²) < 4.78 is 34.2. The van der Waals surface area contributed by atoms with Crippen molar-refractivity contribution in [2.24, 2.45) is 11.7 Å². The van der Waals surface area contributed by atoms with Crippen LogP contribution in [0.4, 0.5) is 8.78 Å². The molecule has 3 N–H and O–H groups in total. The first-order valence-corrected chi connectivity index (χ1v) is 9.94. The van der Waals surface area contributed by atoms with Crippen LogP contribution in [0.2, 0.25) is 0 Å². The van der Waals surface area contributed by atoms with E-state index in [4.69, 9.17) is 10.5 Å². The monoisotopic (exact) mass is 412 g/mol. The van der Waals surface area contributed by atoms with Crippen molar-refractivity contribution < 1.29 is 18.3 Å². The van der Waals surface area contributed by atoms with Crippen molar-refractivity contribution in [3.05, 3.63) is 95.1 Å². The Balaban J connectivity index is 1.74. The lowest BCUT2D eigenvalue weighted by Gasteiger charge is -2.27. The van der Waals surface area contributed by atoms with Crippen molar-refractivity contribution in [1.29, 1.82) is 0 Å². The van der Waals surface area contributed by atoms with Crippen LogP contribution in [0, 0.1) is 17.6 Å². The van der Waals surface area contributed by atoms with E-state index >= 15 is 0 Å². The third kappa shape index (κ3) is 5.84. The second-order valence-electron chi connectivity index (χ2n) is 7.43. The Morgan fingerprint density at radius 2 is 1.73 bits per heavy atom. The highest BCUT2D eigenvalue weighted by molar-refractivity contribution is 5.79. The van der Waals surface area contributed by atoms with Gasteiger partial charge in [-0.3, -0.25) is 4.79 Å². The first-order valence-electron chi connectivity index (χ1n) is 9.94. The number of nitrogens with one attached hydrogen (secondary N) is 1. The van der Waals surface area contributed by atoms with Gasteiger partial charge < -0.3 is 15.8 Å². The number of nitrogens with two attached hydrogens (primary N) is 1. The summed E-state index contributed by atoms with van der Waals surface area (Å²) in [6.45, 7) is 2.27. The molecule has 3 atom stereocenters. The molecule has 4 nitrogen and oxygen atoms in total. The molecule has 0 saturated carbocycles. The molecule has 1 aliphatic rings. The van der Waals surface area contributed by atoms with Gasteiger partial charge in [-0.1, -0.05) is 54.6 Å². The van der Waals surface area contributed by atoms with Crippen LogP contribution in [0.1, 0.15) is 18.1 Å². The fraction of sp³-hybridized carbons (Fsp3) is 0.292. The molecule has 0 fully saturated rings. The summed E-state index contributed by atoms with van der Waals surface area (Å²) in [5.74, 6) is -1.15. The molecule has 30 heavy (non-hydrogen) atoms. The second-order valence-corrected chi connectivity index (χ2v) is 7.43. The molecule has 0 heterocycles. The zero-order valence-electron chi connectivity index (χ0n) is 16.9. The highest BCUT2D eigenvalue weighted by atomic mass is 19.1. The summed E-state index contributed by atoms with van der Waals surface area (Å²) in [6, 6.07) is 12.7. The standard InChI is InChI=1S/C24H26F2N2O2/c1-16(24(27)29)28-14-17-10-11-23(30-15-19-7-3-5-9-22(19)26)20(12-17)13-18-6-2-4-8-21(18)25/h2-12,16,20,23,28H,13-15H2,1H3,(H2,27,29)/t16-,20?,23?/m0/s1. The summed E-state index contributed by atoms with van der Waals surface area (Å²) >= 11 is 0. The molecule has 2 aromatic rings. The molecule has 0 aliphatic heterocycles. The quantitative estimate of drug-likeness (QED) is 0.661. The summed E-state index contributed by atoms with van der Waals surface area (Å²) in [7, 11) is 0. The minimum absolute atomic E-state index is 0.121. The molecule has 3 rings (SSSR count). The van der Waals surface area contributed by atoms with Gasteiger partial charge in [0, 0.05) is 18.0 Å². The van der Waals surface area contributed by atoms with Gasteiger partial charge in [0.25, 0.3) is 0 Å². The molecule has 1 amide bonds. The van der Waals surface area contributed by atoms with Crippen LogP contribution in [0.5, 0.6) is 0 Å². The predicted octanol–water partition coefficient (Wildman–Crippen LogP) is 3.67. The van der Waals surface area contributed by atoms with Crippen LogP contribution in [-0.4, -0.2) is 24.6 Å². The molecular weight excluding hydrogens is 386 g/mol. The van der Waals surface area contributed by atoms with Crippen LogP contribution in [-0.2, 0) is 22.6 Å². The maximum atomic E-state index is 14.2. The number of carbonyl (C=O) groups excluding carboxylic acids is 1. The first-order chi connectivity index (χ1) is 14.4. The third-order valence-electron chi connectivity index (χ3n) is 5.19. The van der Waals surface area contributed by atoms with E-state index in [1.165, 1.54) is 12.1 Å². The first kappa shape index (κ1) is 21.9. The maximum Gasteiger partial charge on any atom is 0.234 e. The molecule has 2 unspecified atom stereocenters. The van der Waals surface area contributed by atoms with E-state index < -0.39 is 11.9 Å². The molecule has 0 saturated heterocycles. The molecule has 0 bridgehead atoms. The summed E-state index contributed by atoms with van der Waals surface area (Å²) in [4.78, 5) is 11.2. The minimum atomic E-state index is -0.459. The third-order valence-corrected chi connectivity index (χ3v) is 5.19. The van der Waals surface area contributed by atoms with Crippen molar-refractivity contribution in [3.8, 4) is 0 Å². The van der Waals surface area contributed by atoms with Crippen molar-refractivity contribution >= 4 is 5.91 Å². The van der Waals surface area contributed by atoms with E-state index in [9.17, 15) is 13.6 Å². The Morgan fingerprint density at radius 3 is 2.37 bits per heavy atom. The number of rotatable bonds is 9. The molecule has 6 heteroatoms. The van der Waals surface area contributed by atoms with Crippen LogP contribution in [0.15, 0.2) is 72.3 Å². The van der Waals surface area contributed by atoms with E-state index in [-0.39, 0.29) is 30.3 Å². The van der Waals surface area contributed by atoms with Gasteiger partial charge in [-0.2, -0.15) is 0 Å². The average molecular weight is 412 g/mol. The Hall–Kier alpha value is -2.83. The summed E-state index contributed by atoms with van der Waals surface area (Å²) in [6.07, 6.45) is 5.93. The lowest BCUT2D eigenvalue weighted by atomic mass is 9.87. The van der Waals surface area contributed by atoms with Gasteiger partial charge in [0.2, 0.25) is 5.91 Å². The van der Waals surface area contributed by atoms with Gasteiger partial charge in [-0.05, 0) is 36.6 Å². The molecule has 0 spiro atoms. The van der Waals surface area contributed by atoms with Gasteiger partial charge in [0.15, 0.2) is 0 Å². The van der Waals surface area contributed by atoms with E-state index in [0.717, 1.165) is 5.57 Å². The average Bonchev–Trinajstić information content (AvgIpc) is 2.74. The van der Waals surface area contributed by atoms with Gasteiger partial charge >= 0.3 is 0 Å². The Bertz CT molecular complexity index is 942. The van der Waals surface area contributed by atoms with Crippen molar-refractivity contribution in [3.63, 3.8) is 0 Å².